The van der Waals surface area contributed by atoms with Gasteiger partial charge in [0, 0.05) is 55.8 Å². The Morgan fingerprint density at radius 3 is 2.47 bits per heavy atom. The summed E-state index contributed by atoms with van der Waals surface area (Å²) in [5.41, 5.74) is 13.3. The van der Waals surface area contributed by atoms with Gasteiger partial charge in [-0.05, 0) is 257 Å². The Kier molecular flexibility index (Phi) is 18.4. The van der Waals surface area contributed by atoms with Gasteiger partial charge in [-0.15, -0.1) is 0 Å². The summed E-state index contributed by atoms with van der Waals surface area (Å²) in [5, 5.41) is 68.3. The van der Waals surface area contributed by atoms with Gasteiger partial charge in [-0.1, -0.05) is 90.2 Å². The second-order valence-corrected chi connectivity index (χ2v) is 31.6. The largest absolute Gasteiger partial charge is 0.508 e. The van der Waals surface area contributed by atoms with Crippen molar-refractivity contribution in [2.45, 2.75) is 224 Å². The van der Waals surface area contributed by atoms with Crippen molar-refractivity contribution in [3.8, 4) is 39.9 Å². The van der Waals surface area contributed by atoms with Crippen molar-refractivity contribution in [2.24, 2.45) is 79.7 Å². The number of nitrogens with one attached hydrogen (secondary N) is 2. The number of allylic oxidation sites excluding steroid dienone is 4. The molecule has 7 aliphatic carbocycles. The lowest BCUT2D eigenvalue weighted by molar-refractivity contribution is -0.179. The maximum Gasteiger partial charge on any atom is 0.188 e. The Morgan fingerprint density at radius 1 is 0.856 bits per heavy atom. The van der Waals surface area contributed by atoms with Crippen LogP contribution in [-0.2, 0) is 24.0 Å². The molecule has 6 heterocycles. The lowest BCUT2D eigenvalue weighted by Gasteiger charge is -2.56. The number of phenolic OH excluding ortho intramolecular Hbond substituents is 2. The van der Waals surface area contributed by atoms with Gasteiger partial charge >= 0.3 is 0 Å². The van der Waals surface area contributed by atoms with E-state index in [-0.39, 0.29) is 75.3 Å². The summed E-state index contributed by atoms with van der Waals surface area (Å²) < 4.78 is 27.9. The van der Waals surface area contributed by atoms with E-state index in [9.17, 15) is 25.5 Å². The first-order valence-electron chi connectivity index (χ1n) is 35.9. The molecule has 0 unspecified atom stereocenters. The fraction of sp³-hybridized carbons (Fsp3) is 0.701. The van der Waals surface area contributed by atoms with Crippen LogP contribution >= 0.6 is 0 Å². The molecular formula is C77H110N4O9. The highest BCUT2D eigenvalue weighted by atomic mass is 16.5. The molecule has 13 aliphatic rings. The van der Waals surface area contributed by atoms with Gasteiger partial charge < -0.3 is 60.8 Å². The fourth-order valence-corrected chi connectivity index (χ4v) is 21.9. The Labute approximate surface area is 537 Å². The summed E-state index contributed by atoms with van der Waals surface area (Å²) in [5.74, 6) is 4.31. The average molecular weight is 1240 g/mol. The Bertz CT molecular complexity index is 3150. The summed E-state index contributed by atoms with van der Waals surface area (Å²) in [6.07, 6.45) is 31.5. The van der Waals surface area contributed by atoms with Gasteiger partial charge in [0.1, 0.15) is 29.5 Å². The molecule has 5 fully saturated rings. The van der Waals surface area contributed by atoms with Crippen molar-refractivity contribution in [3.05, 3.63) is 88.5 Å². The number of aliphatic imine (C=N–C) groups is 1. The fourth-order valence-electron chi connectivity index (χ4n) is 21.9. The van der Waals surface area contributed by atoms with Crippen LogP contribution in [0.25, 0.3) is 11.1 Å². The Hall–Kier alpha value is -4.79. The van der Waals surface area contributed by atoms with Crippen LogP contribution in [0.3, 0.4) is 0 Å². The van der Waals surface area contributed by atoms with Crippen molar-refractivity contribution < 1.29 is 44.5 Å². The molecule has 492 valence electrons. The molecule has 0 amide bonds. The zero-order valence-electron chi connectivity index (χ0n) is 55.4. The summed E-state index contributed by atoms with van der Waals surface area (Å²) in [6.45, 7) is 12.0. The second-order valence-electron chi connectivity index (χ2n) is 31.6. The third-order valence-electron chi connectivity index (χ3n) is 26.0. The molecule has 0 aromatic heterocycles. The van der Waals surface area contributed by atoms with Crippen molar-refractivity contribution in [1.82, 2.24) is 10.6 Å². The predicted molar refractivity (Wildman–Crippen MR) is 356 cm³/mol. The molecule has 4 saturated carbocycles. The number of ether oxygens (including phenoxy) is 4. The molecule has 6 aliphatic heterocycles. The van der Waals surface area contributed by atoms with Crippen LogP contribution in [0.4, 0.5) is 0 Å². The summed E-state index contributed by atoms with van der Waals surface area (Å²) >= 11 is 0. The molecule has 5 spiro atoms. The SMILES string of the molecule is CCC[C@@H]1C=C[C@@]2(C[C@H]3C=C[C@@H]2C[C@H](O)C[C@@]2(CCC[C@]24CCO[C@@]2(CCC[C@@H](CNC)C2)C4)CN=C(N)NCC[C@H]2[C@@H](CCC4(CCCC4)[C@H]2CO)Oc2cc(ccc2O)[C@@H]2Oc4cc(OC)c5c(c4C[C@H]2O)[C@H]3Cc2cc(O)c(CC(C)C)cc2-5)[C@@H](C)C1. The third kappa shape index (κ3) is 11.7. The highest BCUT2D eigenvalue weighted by molar-refractivity contribution is 5.84. The lowest BCUT2D eigenvalue weighted by atomic mass is 9.52. The van der Waals surface area contributed by atoms with Crippen LogP contribution in [0.5, 0.6) is 28.7 Å². The summed E-state index contributed by atoms with van der Waals surface area (Å²) in [6, 6.07) is 11.6. The molecule has 3 aromatic rings. The second kappa shape index (κ2) is 25.8. The first-order valence-corrected chi connectivity index (χ1v) is 35.9. The molecule has 1 saturated heterocycles. The zero-order chi connectivity index (χ0) is 62.7. The number of guanidine groups is 1. The van der Waals surface area contributed by atoms with Crippen LogP contribution in [0, 0.1) is 69.0 Å². The number of nitrogens with zero attached hydrogens (tertiary/aromatic N) is 1. The van der Waals surface area contributed by atoms with E-state index in [1.54, 1.807) is 13.2 Å². The van der Waals surface area contributed by atoms with Crippen LogP contribution < -0.4 is 30.6 Å². The van der Waals surface area contributed by atoms with Gasteiger partial charge in [0.2, 0.25) is 0 Å². The van der Waals surface area contributed by atoms with E-state index in [1.807, 2.05) is 24.3 Å². The van der Waals surface area contributed by atoms with Crippen LogP contribution in [0.2, 0.25) is 0 Å². The van der Waals surface area contributed by atoms with Gasteiger partial charge in [0.05, 0.1) is 24.9 Å². The van der Waals surface area contributed by atoms with E-state index in [2.05, 4.69) is 75.7 Å². The van der Waals surface area contributed by atoms with E-state index < -0.39 is 18.3 Å². The van der Waals surface area contributed by atoms with Crippen LogP contribution in [0.1, 0.15) is 209 Å². The maximum absolute atomic E-state index is 13.4. The zero-order valence-corrected chi connectivity index (χ0v) is 55.4. The number of hydrogen-bond acceptors (Lipinski definition) is 13. The van der Waals surface area contributed by atoms with Gasteiger partial charge in [0.25, 0.3) is 0 Å². The number of hydrogen-bond donors (Lipinski definition) is 8. The van der Waals surface area contributed by atoms with Gasteiger partial charge in [-0.25, -0.2) is 0 Å². The number of aliphatic hydroxyl groups excluding tert-OH is 3. The highest BCUT2D eigenvalue weighted by Crippen LogP contribution is 2.66. The smallest absolute Gasteiger partial charge is 0.188 e. The molecule has 3 aromatic carbocycles. The minimum Gasteiger partial charge on any atom is -0.508 e. The number of methoxy groups -OCH3 is 1. The molecule has 8 bridgehead atoms. The number of fused-ring (bicyclic) bond motifs is 2. The van der Waals surface area contributed by atoms with E-state index >= 15 is 0 Å². The quantitative estimate of drug-likeness (QED) is 0.0994. The van der Waals surface area contributed by atoms with E-state index in [4.69, 9.17) is 29.7 Å². The molecule has 13 heteroatoms. The van der Waals surface area contributed by atoms with Gasteiger partial charge in [-0.2, -0.15) is 0 Å². The monoisotopic (exact) mass is 1230 g/mol. The van der Waals surface area contributed by atoms with E-state index in [0.717, 1.165) is 162 Å². The number of rotatable bonds is 8. The van der Waals surface area contributed by atoms with Gasteiger partial charge in [-0.3, -0.25) is 4.99 Å². The van der Waals surface area contributed by atoms with Gasteiger partial charge in [0.15, 0.2) is 17.5 Å². The predicted octanol–water partition coefficient (Wildman–Crippen LogP) is 13.7. The molecule has 16 rings (SSSR count). The molecule has 13 nitrogen and oxygen atoms in total. The first-order chi connectivity index (χ1) is 43.5. The molecule has 9 N–H and O–H groups in total. The van der Waals surface area contributed by atoms with Crippen molar-refractivity contribution in [2.75, 3.05) is 47.0 Å². The summed E-state index contributed by atoms with van der Waals surface area (Å²) in [4.78, 5) is 5.42. The highest BCUT2D eigenvalue weighted by Gasteiger charge is 2.61. The Morgan fingerprint density at radius 2 is 1.69 bits per heavy atom. The normalized spacial score (nSPS) is 37.2. The number of aliphatic hydroxyl groups is 3. The first kappa shape index (κ1) is 63.9. The number of aromatic hydroxyl groups is 2. The Balaban J connectivity index is 0.944. The molecular weight excluding hydrogens is 1120 g/mol. The van der Waals surface area contributed by atoms with E-state index in [0.29, 0.717) is 103 Å². The maximum atomic E-state index is 13.4. The van der Waals surface area contributed by atoms with Crippen LogP contribution in [-0.4, -0.2) is 102 Å². The minimum atomic E-state index is -0.936. The minimum absolute atomic E-state index is 0.00519. The average Bonchev–Trinajstić information content (AvgIpc) is 0.832. The standard InChI is InChI=1S/C77H110N4O9/c1-7-12-49-18-27-77(48(4)32-49)41-52-14-16-55(77)37-56(83)42-75(24-11-23-74(75)28-30-88-76(45-74)25-10-13-50(40-76)43-79-5)46-81-72(78)80-29-20-57-61(44-82)73(21-8-9-22-73)26-19-65(57)89-67-36-51(15-17-62(67)84)71-64(86)38-60-66(90-71)39-68(87-6)70-59-34-54(31-47(2)3)63(85)35-53(59)33-58(52)69(60)70/h14-18,27,34-36,39,47-50,52,55-58,61,64-65,71,79,82-86H,7-13,19-26,28-33,37-38,40-46H2,1-6H3,(H3,78,80,81)/t48-,49+,50+,52+,55+,56-,57+,58-,61-,64+,65+,71-,74+,75-,76+,77+/m0/s1. The lowest BCUT2D eigenvalue weighted by Crippen LogP contribution is -2.55. The molecule has 16 atom stereocenters. The van der Waals surface area contributed by atoms with Crippen molar-refractivity contribution >= 4 is 5.96 Å². The number of nitrogens with two attached hydrogens (primary N) is 1. The topological polar surface area (TPSA) is 201 Å². The summed E-state index contributed by atoms with van der Waals surface area (Å²) in [7, 11) is 3.82. The van der Waals surface area contributed by atoms with Crippen molar-refractivity contribution in [1.29, 1.82) is 0 Å². The number of benzene rings is 3. The van der Waals surface area contributed by atoms with E-state index in [1.165, 1.54) is 12.8 Å². The third-order valence-corrected chi connectivity index (χ3v) is 26.0. The van der Waals surface area contributed by atoms with Crippen LogP contribution in [0.15, 0.2) is 65.7 Å². The number of phenols is 2. The van der Waals surface area contributed by atoms with Crippen molar-refractivity contribution in [3.63, 3.8) is 0 Å². The molecule has 90 heavy (non-hydrogen) atoms. The molecule has 0 radical (unpaired) electrons.